The van der Waals surface area contributed by atoms with Crippen LogP contribution in [0.5, 0.6) is 0 Å². The zero-order chi connectivity index (χ0) is 16.0. The Kier molecular flexibility index (Phi) is 6.65. The van der Waals surface area contributed by atoms with Crippen molar-refractivity contribution < 1.29 is 9.59 Å². The molecular weight excluding hydrogens is 266 g/mol. The molecule has 0 spiro atoms. The summed E-state index contributed by atoms with van der Waals surface area (Å²) in [6.07, 6.45) is 3.40. The maximum Gasteiger partial charge on any atom is 0.230 e. The molecule has 1 aliphatic rings. The van der Waals surface area contributed by atoms with Crippen molar-refractivity contribution >= 4 is 11.8 Å². The zero-order valence-electron chi connectivity index (χ0n) is 13.9. The topological polar surface area (TPSA) is 75.4 Å². The van der Waals surface area contributed by atoms with Gasteiger partial charge in [0.25, 0.3) is 0 Å². The van der Waals surface area contributed by atoms with E-state index in [-0.39, 0.29) is 23.8 Å². The van der Waals surface area contributed by atoms with Gasteiger partial charge >= 0.3 is 0 Å². The summed E-state index contributed by atoms with van der Waals surface area (Å²) in [7, 11) is 0. The van der Waals surface area contributed by atoms with Gasteiger partial charge in [0.15, 0.2) is 0 Å². The summed E-state index contributed by atoms with van der Waals surface area (Å²) in [4.78, 5) is 26.5. The maximum atomic E-state index is 12.8. The number of nitrogens with two attached hydrogens (primary N) is 1. The fraction of sp³-hybridized carbons (Fsp3) is 0.875. The number of nitrogens with one attached hydrogen (secondary N) is 1. The lowest BCUT2D eigenvalue weighted by Crippen LogP contribution is -2.55. The third-order valence-electron chi connectivity index (χ3n) is 4.78. The molecule has 0 saturated carbocycles. The summed E-state index contributed by atoms with van der Waals surface area (Å²) < 4.78 is 0. The van der Waals surface area contributed by atoms with E-state index in [9.17, 15) is 9.59 Å². The van der Waals surface area contributed by atoms with E-state index >= 15 is 0 Å². The Labute approximate surface area is 128 Å². The first-order chi connectivity index (χ1) is 9.90. The lowest BCUT2D eigenvalue weighted by atomic mass is 9.80. The number of carbonyl (C=O) groups excluding carboxylic acids is 2. The number of nitrogens with zero attached hydrogens (tertiary/aromatic N) is 1. The summed E-state index contributed by atoms with van der Waals surface area (Å²) in [5, 5.41) is 3.04. The van der Waals surface area contributed by atoms with Crippen molar-refractivity contribution in [1.82, 2.24) is 10.2 Å². The van der Waals surface area contributed by atoms with Crippen molar-refractivity contribution in [2.75, 3.05) is 19.6 Å². The predicted molar refractivity (Wildman–Crippen MR) is 84.7 cm³/mol. The van der Waals surface area contributed by atoms with E-state index in [0.717, 1.165) is 32.2 Å². The smallest absolute Gasteiger partial charge is 0.230 e. The molecule has 1 saturated heterocycles. The molecule has 0 aromatic carbocycles. The van der Waals surface area contributed by atoms with Crippen LogP contribution in [0.25, 0.3) is 0 Å². The highest BCUT2D eigenvalue weighted by Gasteiger charge is 2.38. The summed E-state index contributed by atoms with van der Waals surface area (Å²) >= 11 is 0. The molecule has 1 heterocycles. The van der Waals surface area contributed by atoms with Crippen LogP contribution in [0.1, 0.15) is 53.4 Å². The molecule has 1 atom stereocenters. The van der Waals surface area contributed by atoms with Gasteiger partial charge < -0.3 is 16.0 Å². The average Bonchev–Trinajstić information content (AvgIpc) is 2.49. The summed E-state index contributed by atoms with van der Waals surface area (Å²) in [5.74, 6) is 0.189. The monoisotopic (exact) mass is 297 g/mol. The molecule has 1 fully saturated rings. The molecule has 1 aliphatic heterocycles. The number of piperidine rings is 1. The number of amides is 2. The fourth-order valence-electron chi connectivity index (χ4n) is 2.91. The molecule has 1 rings (SSSR count). The van der Waals surface area contributed by atoms with Gasteiger partial charge in [0.05, 0.1) is 5.41 Å². The number of carbonyl (C=O) groups is 2. The van der Waals surface area contributed by atoms with Gasteiger partial charge in [-0.15, -0.1) is 0 Å². The molecule has 0 bridgehead atoms. The highest BCUT2D eigenvalue weighted by Crippen LogP contribution is 2.29. The average molecular weight is 297 g/mol. The Morgan fingerprint density at radius 2 is 1.95 bits per heavy atom. The maximum absolute atomic E-state index is 12.8. The molecule has 0 radical (unpaired) electrons. The Bertz CT molecular complexity index is 356. The van der Waals surface area contributed by atoms with Crippen molar-refractivity contribution in [3.63, 3.8) is 0 Å². The SMILES string of the molecule is CCC(CC)(CN)C(=O)N1CCCC(NC(=O)C(C)C)C1. The number of hydrogen-bond acceptors (Lipinski definition) is 3. The zero-order valence-corrected chi connectivity index (χ0v) is 13.9. The van der Waals surface area contributed by atoms with E-state index in [1.54, 1.807) is 0 Å². The number of rotatable bonds is 6. The van der Waals surface area contributed by atoms with Gasteiger partial charge in [-0.3, -0.25) is 9.59 Å². The van der Waals surface area contributed by atoms with Crippen LogP contribution in [-0.2, 0) is 9.59 Å². The molecule has 0 aromatic heterocycles. The van der Waals surface area contributed by atoms with Crippen molar-refractivity contribution in [3.8, 4) is 0 Å². The van der Waals surface area contributed by atoms with Crippen molar-refractivity contribution in [3.05, 3.63) is 0 Å². The highest BCUT2D eigenvalue weighted by molar-refractivity contribution is 5.83. The van der Waals surface area contributed by atoms with Crippen LogP contribution < -0.4 is 11.1 Å². The van der Waals surface area contributed by atoms with Gasteiger partial charge in [0.2, 0.25) is 11.8 Å². The van der Waals surface area contributed by atoms with E-state index in [4.69, 9.17) is 5.73 Å². The van der Waals surface area contributed by atoms with Gasteiger partial charge in [0.1, 0.15) is 0 Å². The first-order valence-electron chi connectivity index (χ1n) is 8.20. The Hall–Kier alpha value is -1.10. The van der Waals surface area contributed by atoms with E-state index in [1.165, 1.54) is 0 Å². The minimum atomic E-state index is -0.441. The summed E-state index contributed by atoms with van der Waals surface area (Å²) in [5.41, 5.74) is 5.43. The standard InChI is InChI=1S/C16H31N3O2/c1-5-16(6-2,11-17)15(21)19-9-7-8-13(10-19)18-14(20)12(3)4/h12-13H,5-11,17H2,1-4H3,(H,18,20). The van der Waals surface area contributed by atoms with E-state index in [0.29, 0.717) is 13.1 Å². The van der Waals surface area contributed by atoms with Crippen LogP contribution in [-0.4, -0.2) is 42.4 Å². The largest absolute Gasteiger partial charge is 0.351 e. The van der Waals surface area contributed by atoms with Crippen LogP contribution in [0.15, 0.2) is 0 Å². The summed E-state index contributed by atoms with van der Waals surface area (Å²) in [6.45, 7) is 9.59. The first-order valence-corrected chi connectivity index (χ1v) is 8.20. The molecule has 5 nitrogen and oxygen atoms in total. The molecule has 2 amide bonds. The van der Waals surface area contributed by atoms with Gasteiger partial charge in [-0.05, 0) is 25.7 Å². The Morgan fingerprint density at radius 1 is 1.33 bits per heavy atom. The lowest BCUT2D eigenvalue weighted by molar-refractivity contribution is -0.144. The highest BCUT2D eigenvalue weighted by atomic mass is 16.2. The Morgan fingerprint density at radius 3 is 2.43 bits per heavy atom. The second-order valence-electron chi connectivity index (χ2n) is 6.45. The summed E-state index contributed by atoms with van der Waals surface area (Å²) in [6, 6.07) is 0.0711. The Balaban J connectivity index is 2.71. The molecule has 3 N–H and O–H groups in total. The van der Waals surface area contributed by atoms with E-state index in [2.05, 4.69) is 5.32 Å². The first kappa shape index (κ1) is 18.0. The van der Waals surface area contributed by atoms with Gasteiger partial charge in [0, 0.05) is 31.6 Å². The van der Waals surface area contributed by atoms with Crippen LogP contribution in [0.4, 0.5) is 0 Å². The molecule has 5 heteroatoms. The third-order valence-corrected chi connectivity index (χ3v) is 4.78. The molecular formula is C16H31N3O2. The molecule has 0 aromatic rings. The quantitative estimate of drug-likeness (QED) is 0.780. The van der Waals surface area contributed by atoms with E-state index < -0.39 is 5.41 Å². The third kappa shape index (κ3) is 4.19. The van der Waals surface area contributed by atoms with Crippen molar-refractivity contribution in [2.24, 2.45) is 17.1 Å². The normalized spacial score (nSPS) is 19.7. The van der Waals surface area contributed by atoms with Crippen LogP contribution >= 0.6 is 0 Å². The number of likely N-dealkylation sites (tertiary alicyclic amines) is 1. The van der Waals surface area contributed by atoms with E-state index in [1.807, 2.05) is 32.6 Å². The van der Waals surface area contributed by atoms with Crippen molar-refractivity contribution in [1.29, 1.82) is 0 Å². The van der Waals surface area contributed by atoms with Crippen LogP contribution in [0.3, 0.4) is 0 Å². The molecule has 122 valence electrons. The lowest BCUT2D eigenvalue weighted by Gasteiger charge is -2.40. The molecule has 1 unspecified atom stereocenters. The molecule has 21 heavy (non-hydrogen) atoms. The van der Waals surface area contributed by atoms with Crippen molar-refractivity contribution in [2.45, 2.75) is 59.4 Å². The van der Waals surface area contributed by atoms with Crippen LogP contribution in [0.2, 0.25) is 0 Å². The predicted octanol–water partition coefficient (Wildman–Crippen LogP) is 1.51. The van der Waals surface area contributed by atoms with Gasteiger partial charge in [-0.1, -0.05) is 27.7 Å². The second kappa shape index (κ2) is 7.78. The van der Waals surface area contributed by atoms with Crippen LogP contribution in [0, 0.1) is 11.3 Å². The molecule has 0 aliphatic carbocycles. The van der Waals surface area contributed by atoms with Gasteiger partial charge in [-0.2, -0.15) is 0 Å². The minimum Gasteiger partial charge on any atom is -0.351 e. The minimum absolute atomic E-state index is 0.0227. The number of hydrogen-bond donors (Lipinski definition) is 2. The fourth-order valence-corrected chi connectivity index (χ4v) is 2.91. The second-order valence-corrected chi connectivity index (χ2v) is 6.45. The van der Waals surface area contributed by atoms with Gasteiger partial charge in [-0.25, -0.2) is 0 Å².